The summed E-state index contributed by atoms with van der Waals surface area (Å²) in [4.78, 5) is 29.2. The lowest BCUT2D eigenvalue weighted by Gasteiger charge is -2.31. The van der Waals surface area contributed by atoms with Crippen LogP contribution in [0.25, 0.3) is 0 Å². The third kappa shape index (κ3) is 8.73. The Labute approximate surface area is 267 Å². The van der Waals surface area contributed by atoms with Crippen LogP contribution in [0.1, 0.15) is 16.9 Å². The Hall–Kier alpha value is -4.16. The van der Waals surface area contributed by atoms with E-state index < -0.39 is 22.0 Å². The van der Waals surface area contributed by atoms with Crippen molar-refractivity contribution in [1.82, 2.24) is 14.5 Å². The minimum atomic E-state index is -3.67. The van der Waals surface area contributed by atoms with Crippen molar-refractivity contribution in [2.75, 3.05) is 32.9 Å². The van der Waals surface area contributed by atoms with Gasteiger partial charge in [-0.1, -0.05) is 54.1 Å². The molecule has 10 nitrogen and oxygen atoms in total. The standard InChI is InChI=1S/C33H34ClN3O7S/c34-27-10-8-26(9-11-27)23-37(31(21-25-5-2-1-3-6-25)33(39)35-22-29-7-4-18-43-29)32(38)24-44-28-12-14-30(15-13-28)45(40,41)36-16-19-42-20-17-36/h1-15,18,31H,16-17,19-24H2,(H,35,39)/t31-/m1/s1. The zero-order valence-corrected chi connectivity index (χ0v) is 26.1. The zero-order chi connectivity index (χ0) is 31.6. The summed E-state index contributed by atoms with van der Waals surface area (Å²) in [5.74, 6) is 0.122. The molecule has 0 radical (unpaired) electrons. The van der Waals surface area contributed by atoms with Crippen LogP contribution in [0.2, 0.25) is 5.02 Å². The monoisotopic (exact) mass is 651 g/mol. The van der Waals surface area contributed by atoms with Crippen molar-refractivity contribution < 1.29 is 31.9 Å². The molecular weight excluding hydrogens is 618 g/mol. The lowest BCUT2D eigenvalue weighted by atomic mass is 10.0. The molecule has 0 unspecified atom stereocenters. The van der Waals surface area contributed by atoms with E-state index in [1.54, 1.807) is 36.4 Å². The van der Waals surface area contributed by atoms with Crippen LogP contribution < -0.4 is 10.1 Å². The fourth-order valence-electron chi connectivity index (χ4n) is 4.92. The highest BCUT2D eigenvalue weighted by molar-refractivity contribution is 7.89. The Kier molecular flexibility index (Phi) is 10.9. The van der Waals surface area contributed by atoms with E-state index in [0.717, 1.165) is 11.1 Å². The van der Waals surface area contributed by atoms with Crippen LogP contribution in [0.4, 0.5) is 0 Å². The molecule has 0 aliphatic carbocycles. The molecule has 0 bridgehead atoms. The van der Waals surface area contributed by atoms with E-state index in [0.29, 0.717) is 29.7 Å². The second-order valence-corrected chi connectivity index (χ2v) is 12.8. The van der Waals surface area contributed by atoms with Gasteiger partial charge in [-0.05, 0) is 59.7 Å². The SMILES string of the molecule is O=C(NCc1ccco1)[C@@H](Cc1ccccc1)N(Cc1ccc(Cl)cc1)C(=O)COc1ccc(S(=O)(=O)N2CCOCC2)cc1. The first kappa shape index (κ1) is 32.2. The summed E-state index contributed by atoms with van der Waals surface area (Å²) in [5.41, 5.74) is 1.66. The molecule has 2 amide bonds. The van der Waals surface area contributed by atoms with Crippen LogP contribution in [-0.2, 0) is 43.9 Å². The molecule has 1 atom stereocenters. The molecule has 12 heteroatoms. The van der Waals surface area contributed by atoms with Crippen molar-refractivity contribution in [3.63, 3.8) is 0 Å². The first-order valence-corrected chi connectivity index (χ1v) is 16.3. The molecule has 0 saturated carbocycles. The van der Waals surface area contributed by atoms with Crippen LogP contribution in [0.15, 0.2) is 107 Å². The van der Waals surface area contributed by atoms with Crippen LogP contribution in [0.5, 0.6) is 5.75 Å². The highest BCUT2D eigenvalue weighted by atomic mass is 35.5. The number of sulfonamides is 1. The van der Waals surface area contributed by atoms with Gasteiger partial charge in [0, 0.05) is 31.1 Å². The third-order valence-electron chi connectivity index (χ3n) is 7.35. The number of hydrogen-bond donors (Lipinski definition) is 1. The fraction of sp³-hybridized carbons (Fsp3) is 0.273. The number of nitrogens with one attached hydrogen (secondary N) is 1. The van der Waals surface area contributed by atoms with E-state index in [1.807, 2.05) is 30.3 Å². The second-order valence-electron chi connectivity index (χ2n) is 10.4. The summed E-state index contributed by atoms with van der Waals surface area (Å²) in [5, 5.41) is 3.45. The van der Waals surface area contributed by atoms with E-state index in [9.17, 15) is 18.0 Å². The van der Waals surface area contributed by atoms with Crippen LogP contribution in [0, 0.1) is 0 Å². The predicted molar refractivity (Wildman–Crippen MR) is 168 cm³/mol. The summed E-state index contributed by atoms with van der Waals surface area (Å²) < 4.78 is 43.8. The van der Waals surface area contributed by atoms with Crippen LogP contribution >= 0.6 is 11.6 Å². The van der Waals surface area contributed by atoms with E-state index >= 15 is 0 Å². The van der Waals surface area contributed by atoms with Gasteiger partial charge in [-0.15, -0.1) is 0 Å². The van der Waals surface area contributed by atoms with E-state index in [-0.39, 0.29) is 50.0 Å². The quantitative estimate of drug-likeness (QED) is 0.229. The summed E-state index contributed by atoms with van der Waals surface area (Å²) >= 11 is 6.10. The number of halogens is 1. The molecule has 2 heterocycles. The van der Waals surface area contributed by atoms with Gasteiger partial charge in [0.25, 0.3) is 5.91 Å². The second kappa shape index (κ2) is 15.2. The molecule has 1 aromatic heterocycles. The minimum Gasteiger partial charge on any atom is -0.484 e. The van der Waals surface area contributed by atoms with Crippen LogP contribution in [0.3, 0.4) is 0 Å². The van der Waals surface area contributed by atoms with Gasteiger partial charge in [0.1, 0.15) is 17.6 Å². The number of amides is 2. The van der Waals surface area contributed by atoms with Gasteiger partial charge >= 0.3 is 0 Å². The van der Waals surface area contributed by atoms with Crippen molar-refractivity contribution in [1.29, 1.82) is 0 Å². The molecule has 1 saturated heterocycles. The Morgan fingerprint density at radius 2 is 1.62 bits per heavy atom. The molecule has 0 spiro atoms. The van der Waals surface area contributed by atoms with Crippen molar-refractivity contribution in [2.24, 2.45) is 0 Å². The van der Waals surface area contributed by atoms with Gasteiger partial charge in [0.05, 0.1) is 30.9 Å². The summed E-state index contributed by atoms with van der Waals surface area (Å²) in [7, 11) is -3.67. The molecular formula is C33H34ClN3O7S. The first-order chi connectivity index (χ1) is 21.8. The van der Waals surface area contributed by atoms with Gasteiger partial charge in [-0.3, -0.25) is 9.59 Å². The molecule has 1 fully saturated rings. The summed E-state index contributed by atoms with van der Waals surface area (Å²) in [6.07, 6.45) is 1.79. The Morgan fingerprint density at radius 3 is 2.29 bits per heavy atom. The highest BCUT2D eigenvalue weighted by Crippen LogP contribution is 2.22. The molecule has 3 aromatic carbocycles. The molecule has 1 N–H and O–H groups in total. The molecule has 1 aliphatic heterocycles. The number of benzene rings is 3. The van der Waals surface area contributed by atoms with E-state index in [1.165, 1.54) is 39.7 Å². The lowest BCUT2D eigenvalue weighted by Crippen LogP contribution is -2.51. The van der Waals surface area contributed by atoms with E-state index in [4.69, 9.17) is 25.5 Å². The molecule has 4 aromatic rings. The van der Waals surface area contributed by atoms with Gasteiger partial charge < -0.3 is 24.1 Å². The number of rotatable bonds is 13. The Balaban J connectivity index is 1.35. The van der Waals surface area contributed by atoms with Crippen molar-refractivity contribution >= 4 is 33.4 Å². The first-order valence-electron chi connectivity index (χ1n) is 14.5. The minimum absolute atomic E-state index is 0.127. The van der Waals surface area contributed by atoms with Crippen molar-refractivity contribution in [2.45, 2.75) is 30.4 Å². The summed E-state index contributed by atoms with van der Waals surface area (Å²) in [6.45, 7) is 1.19. The van der Waals surface area contributed by atoms with E-state index in [2.05, 4.69) is 5.32 Å². The van der Waals surface area contributed by atoms with Crippen LogP contribution in [-0.4, -0.2) is 68.4 Å². The number of carbonyl (C=O) groups excluding carboxylic acids is 2. The average molecular weight is 652 g/mol. The zero-order valence-electron chi connectivity index (χ0n) is 24.5. The number of nitrogens with zero attached hydrogens (tertiary/aromatic N) is 2. The molecule has 5 rings (SSSR count). The van der Waals surface area contributed by atoms with Gasteiger partial charge in [0.2, 0.25) is 15.9 Å². The highest BCUT2D eigenvalue weighted by Gasteiger charge is 2.31. The lowest BCUT2D eigenvalue weighted by molar-refractivity contribution is -0.142. The molecule has 1 aliphatic rings. The molecule has 45 heavy (non-hydrogen) atoms. The number of ether oxygens (including phenoxy) is 2. The smallest absolute Gasteiger partial charge is 0.261 e. The number of carbonyl (C=O) groups is 2. The molecule has 236 valence electrons. The van der Waals surface area contributed by atoms with Crippen molar-refractivity contribution in [3.05, 3.63) is 119 Å². The number of hydrogen-bond acceptors (Lipinski definition) is 7. The van der Waals surface area contributed by atoms with Crippen molar-refractivity contribution in [3.8, 4) is 5.75 Å². The largest absolute Gasteiger partial charge is 0.484 e. The summed E-state index contributed by atoms with van der Waals surface area (Å²) in [6, 6.07) is 25.1. The fourth-order valence-corrected chi connectivity index (χ4v) is 6.45. The maximum Gasteiger partial charge on any atom is 0.261 e. The van der Waals surface area contributed by atoms with Gasteiger partial charge in [-0.2, -0.15) is 4.31 Å². The maximum absolute atomic E-state index is 13.9. The average Bonchev–Trinajstić information content (AvgIpc) is 3.60. The number of morpholine rings is 1. The normalized spacial score (nSPS) is 14.4. The predicted octanol–water partition coefficient (Wildman–Crippen LogP) is 4.29. The van der Waals surface area contributed by atoms with Gasteiger partial charge in [-0.25, -0.2) is 8.42 Å². The maximum atomic E-state index is 13.9. The third-order valence-corrected chi connectivity index (χ3v) is 9.51. The Bertz CT molecular complexity index is 1640. The van der Waals surface area contributed by atoms with Gasteiger partial charge in [0.15, 0.2) is 6.61 Å². The number of furan rings is 1. The Morgan fingerprint density at radius 1 is 0.911 bits per heavy atom. The topological polar surface area (TPSA) is 118 Å².